The van der Waals surface area contributed by atoms with Crippen molar-refractivity contribution in [2.45, 2.75) is 26.8 Å². The molecule has 114 valence electrons. The highest BCUT2D eigenvalue weighted by atomic mass is 79.9. The van der Waals surface area contributed by atoms with Crippen molar-refractivity contribution in [1.29, 1.82) is 0 Å². The zero-order chi connectivity index (χ0) is 15.4. The summed E-state index contributed by atoms with van der Waals surface area (Å²) in [7, 11) is 0. The lowest BCUT2D eigenvalue weighted by Gasteiger charge is -2.21. The summed E-state index contributed by atoms with van der Waals surface area (Å²) in [4.78, 5) is 1.27. The summed E-state index contributed by atoms with van der Waals surface area (Å²) in [5.74, 6) is 0.953. The second kappa shape index (κ2) is 7.77. The number of nitrogens with one attached hydrogen (secondary N) is 1. The van der Waals surface area contributed by atoms with E-state index in [9.17, 15) is 0 Å². The average molecular weight is 433 g/mol. The molecule has 0 aliphatic rings. The van der Waals surface area contributed by atoms with Crippen LogP contribution in [-0.4, -0.2) is 13.2 Å². The smallest absolute Gasteiger partial charge is 0.124 e. The number of halogens is 2. The van der Waals surface area contributed by atoms with E-state index in [0.717, 1.165) is 20.6 Å². The SMILES string of the molecule is CCNC(c1cc(Br)c(Br)s1)c1cc(C)ccc1OCC. The Kier molecular flexibility index (Phi) is 6.29. The lowest BCUT2D eigenvalue weighted by Crippen LogP contribution is -2.22. The molecule has 0 spiro atoms. The highest BCUT2D eigenvalue weighted by Crippen LogP contribution is 2.40. The molecule has 0 radical (unpaired) electrons. The third-order valence-electron chi connectivity index (χ3n) is 3.13. The van der Waals surface area contributed by atoms with Crippen molar-refractivity contribution in [3.8, 4) is 5.75 Å². The van der Waals surface area contributed by atoms with Crippen LogP contribution in [0.4, 0.5) is 0 Å². The average Bonchev–Trinajstić information content (AvgIpc) is 2.78. The minimum absolute atomic E-state index is 0.143. The van der Waals surface area contributed by atoms with Crippen molar-refractivity contribution in [3.05, 3.63) is 48.5 Å². The van der Waals surface area contributed by atoms with Crippen molar-refractivity contribution >= 4 is 43.2 Å². The summed E-state index contributed by atoms with van der Waals surface area (Å²) in [6.07, 6.45) is 0. The summed E-state index contributed by atoms with van der Waals surface area (Å²) in [6.45, 7) is 7.83. The number of thiophene rings is 1. The number of hydrogen-bond acceptors (Lipinski definition) is 3. The van der Waals surface area contributed by atoms with Crippen molar-refractivity contribution in [1.82, 2.24) is 5.32 Å². The first-order valence-electron chi connectivity index (χ1n) is 6.98. The van der Waals surface area contributed by atoms with Gasteiger partial charge in [-0.25, -0.2) is 0 Å². The molecule has 0 bridgehead atoms. The topological polar surface area (TPSA) is 21.3 Å². The van der Waals surface area contributed by atoms with Crippen molar-refractivity contribution in [2.75, 3.05) is 13.2 Å². The van der Waals surface area contributed by atoms with Gasteiger partial charge in [-0.2, -0.15) is 0 Å². The van der Waals surface area contributed by atoms with Crippen molar-refractivity contribution < 1.29 is 4.74 Å². The third kappa shape index (κ3) is 4.09. The molecule has 2 rings (SSSR count). The maximum absolute atomic E-state index is 5.82. The Labute approximate surface area is 147 Å². The van der Waals surface area contributed by atoms with Crippen LogP contribution in [-0.2, 0) is 0 Å². The Morgan fingerprint density at radius 2 is 2.00 bits per heavy atom. The molecular weight excluding hydrogens is 414 g/mol. The summed E-state index contributed by atoms with van der Waals surface area (Å²) >= 11 is 8.90. The first-order valence-corrected chi connectivity index (χ1v) is 9.38. The zero-order valence-electron chi connectivity index (χ0n) is 12.4. The number of rotatable bonds is 6. The fourth-order valence-corrected chi connectivity index (χ4v) is 4.44. The molecule has 1 unspecified atom stereocenters. The van der Waals surface area contributed by atoms with Gasteiger partial charge in [0.1, 0.15) is 5.75 Å². The molecule has 0 amide bonds. The van der Waals surface area contributed by atoms with Crippen LogP contribution < -0.4 is 10.1 Å². The minimum atomic E-state index is 0.143. The molecule has 0 aliphatic heterocycles. The first-order chi connectivity index (χ1) is 10.1. The summed E-state index contributed by atoms with van der Waals surface area (Å²) in [6, 6.07) is 8.68. The van der Waals surface area contributed by atoms with Gasteiger partial charge in [0.25, 0.3) is 0 Å². The van der Waals surface area contributed by atoms with Crippen LogP contribution in [0.1, 0.15) is 35.9 Å². The van der Waals surface area contributed by atoms with Gasteiger partial charge >= 0.3 is 0 Å². The largest absolute Gasteiger partial charge is 0.494 e. The Hall–Kier alpha value is -0.360. The minimum Gasteiger partial charge on any atom is -0.494 e. The Morgan fingerprint density at radius 3 is 2.57 bits per heavy atom. The lowest BCUT2D eigenvalue weighted by atomic mass is 10.0. The predicted molar refractivity (Wildman–Crippen MR) is 97.6 cm³/mol. The van der Waals surface area contributed by atoms with Crippen LogP contribution in [0.5, 0.6) is 5.75 Å². The molecule has 1 N–H and O–H groups in total. The van der Waals surface area contributed by atoms with E-state index in [1.807, 2.05) is 6.92 Å². The van der Waals surface area contributed by atoms with E-state index in [4.69, 9.17) is 4.74 Å². The summed E-state index contributed by atoms with van der Waals surface area (Å²) < 4.78 is 8.03. The second-order valence-electron chi connectivity index (χ2n) is 4.74. The lowest BCUT2D eigenvalue weighted by molar-refractivity contribution is 0.333. The maximum Gasteiger partial charge on any atom is 0.124 e. The van der Waals surface area contributed by atoms with Crippen molar-refractivity contribution in [3.63, 3.8) is 0 Å². The van der Waals surface area contributed by atoms with Crippen LogP contribution in [0.2, 0.25) is 0 Å². The van der Waals surface area contributed by atoms with Gasteiger partial charge in [-0.05, 0) is 64.4 Å². The fraction of sp³-hybridized carbons (Fsp3) is 0.375. The molecule has 0 saturated carbocycles. The normalized spacial score (nSPS) is 12.4. The summed E-state index contributed by atoms with van der Waals surface area (Å²) in [5.41, 5.74) is 2.44. The molecule has 0 aliphatic carbocycles. The third-order valence-corrected chi connectivity index (χ3v) is 6.45. The highest BCUT2D eigenvalue weighted by Gasteiger charge is 2.21. The molecule has 5 heteroatoms. The molecule has 2 aromatic rings. The molecular formula is C16H19Br2NOS. The Bertz CT molecular complexity index is 593. The van der Waals surface area contributed by atoms with E-state index in [2.05, 4.69) is 75.3 Å². The molecule has 2 nitrogen and oxygen atoms in total. The van der Waals surface area contributed by atoms with Crippen LogP contribution >= 0.6 is 43.2 Å². The second-order valence-corrected chi connectivity index (χ2v) is 7.99. The quantitative estimate of drug-likeness (QED) is 0.633. The molecule has 0 fully saturated rings. The number of benzene rings is 1. The molecule has 1 atom stereocenters. The van der Waals surface area contributed by atoms with E-state index < -0.39 is 0 Å². The zero-order valence-corrected chi connectivity index (χ0v) is 16.4. The van der Waals surface area contributed by atoms with Crippen LogP contribution in [0.3, 0.4) is 0 Å². The standard InChI is InChI=1S/C16H19Br2NOS/c1-4-19-15(14-9-12(17)16(18)21-14)11-8-10(3)6-7-13(11)20-5-2/h6-9,15,19H,4-5H2,1-3H3. The van der Waals surface area contributed by atoms with Gasteiger partial charge in [0.2, 0.25) is 0 Å². The number of hydrogen-bond donors (Lipinski definition) is 1. The van der Waals surface area contributed by atoms with Crippen molar-refractivity contribution in [2.24, 2.45) is 0 Å². The highest BCUT2D eigenvalue weighted by molar-refractivity contribution is 9.13. The molecule has 21 heavy (non-hydrogen) atoms. The molecule has 1 aromatic heterocycles. The van der Waals surface area contributed by atoms with E-state index in [1.165, 1.54) is 16.0 Å². The summed E-state index contributed by atoms with van der Waals surface area (Å²) in [5, 5.41) is 3.57. The van der Waals surface area contributed by atoms with Gasteiger partial charge < -0.3 is 10.1 Å². The first kappa shape index (κ1) is 17.0. The monoisotopic (exact) mass is 431 g/mol. The van der Waals surface area contributed by atoms with Crippen LogP contribution in [0, 0.1) is 6.92 Å². The van der Waals surface area contributed by atoms with Gasteiger partial charge in [0, 0.05) is 14.9 Å². The Balaban J connectivity index is 2.48. The van der Waals surface area contributed by atoms with Gasteiger partial charge in [0.15, 0.2) is 0 Å². The van der Waals surface area contributed by atoms with E-state index >= 15 is 0 Å². The fourth-order valence-electron chi connectivity index (χ4n) is 2.25. The van der Waals surface area contributed by atoms with Gasteiger partial charge in [-0.3, -0.25) is 0 Å². The van der Waals surface area contributed by atoms with E-state index in [1.54, 1.807) is 11.3 Å². The van der Waals surface area contributed by atoms with Gasteiger partial charge in [-0.1, -0.05) is 24.6 Å². The van der Waals surface area contributed by atoms with E-state index in [0.29, 0.717) is 6.61 Å². The molecule has 0 saturated heterocycles. The van der Waals surface area contributed by atoms with Gasteiger partial charge in [-0.15, -0.1) is 11.3 Å². The molecule has 1 heterocycles. The van der Waals surface area contributed by atoms with Gasteiger partial charge in [0.05, 0.1) is 16.4 Å². The van der Waals surface area contributed by atoms with E-state index in [-0.39, 0.29) is 6.04 Å². The van der Waals surface area contributed by atoms with Crippen LogP contribution in [0.15, 0.2) is 32.5 Å². The Morgan fingerprint density at radius 1 is 1.24 bits per heavy atom. The molecule has 1 aromatic carbocycles. The number of aryl methyl sites for hydroxylation is 1. The maximum atomic E-state index is 5.82. The predicted octanol–water partition coefficient (Wildman–Crippen LogP) is 5.68. The van der Waals surface area contributed by atoms with Crippen LogP contribution in [0.25, 0.3) is 0 Å². The number of ether oxygens (including phenoxy) is 1.